The number of ether oxygens (including phenoxy) is 1. The quantitative estimate of drug-likeness (QED) is 0.691. The molecule has 1 aromatic rings. The monoisotopic (exact) mass is 178 g/mol. The third-order valence-electron chi connectivity index (χ3n) is 1.39. The average Bonchev–Trinajstić information content (AvgIpc) is 2.19. The molecule has 0 amide bonds. The summed E-state index contributed by atoms with van der Waals surface area (Å²) in [5, 5.41) is 11.3. The molecule has 0 atom stereocenters. The third kappa shape index (κ3) is 2.95. The van der Waals surface area contributed by atoms with Crippen molar-refractivity contribution in [3.05, 3.63) is 12.4 Å². The van der Waals surface area contributed by atoms with Crippen LogP contribution in [0.1, 0.15) is 6.42 Å². The van der Waals surface area contributed by atoms with E-state index in [1.54, 1.807) is 13.2 Å². The minimum absolute atomic E-state index is 0.451. The molecular formula is C8H10N4O. The van der Waals surface area contributed by atoms with Gasteiger partial charge in [-0.3, -0.25) is 0 Å². The second kappa shape index (κ2) is 4.93. The Morgan fingerprint density at radius 1 is 1.62 bits per heavy atom. The second-order valence-corrected chi connectivity index (χ2v) is 2.28. The molecule has 0 spiro atoms. The molecule has 0 aliphatic rings. The van der Waals surface area contributed by atoms with Gasteiger partial charge in [0, 0.05) is 12.6 Å². The Bertz CT molecular complexity index is 307. The van der Waals surface area contributed by atoms with Crippen molar-refractivity contribution in [2.45, 2.75) is 6.42 Å². The molecule has 5 heteroatoms. The number of nitrogens with one attached hydrogen (secondary N) is 1. The lowest BCUT2D eigenvalue weighted by molar-refractivity contribution is 0.397. The van der Waals surface area contributed by atoms with Gasteiger partial charge < -0.3 is 10.1 Å². The molecule has 13 heavy (non-hydrogen) atoms. The van der Waals surface area contributed by atoms with Crippen molar-refractivity contribution in [3.63, 3.8) is 0 Å². The third-order valence-corrected chi connectivity index (χ3v) is 1.39. The topological polar surface area (TPSA) is 70.8 Å². The molecular weight excluding hydrogens is 168 g/mol. The van der Waals surface area contributed by atoms with Crippen LogP contribution in [-0.2, 0) is 0 Å². The molecule has 0 radical (unpaired) electrons. The zero-order valence-corrected chi connectivity index (χ0v) is 7.32. The maximum Gasteiger partial charge on any atom is 0.218 e. The van der Waals surface area contributed by atoms with E-state index in [1.807, 2.05) is 6.07 Å². The summed E-state index contributed by atoms with van der Waals surface area (Å²) in [6, 6.07) is 3.71. The van der Waals surface area contributed by atoms with E-state index in [0.29, 0.717) is 24.7 Å². The van der Waals surface area contributed by atoms with Crippen LogP contribution in [0.2, 0.25) is 0 Å². The summed E-state index contributed by atoms with van der Waals surface area (Å²) >= 11 is 0. The van der Waals surface area contributed by atoms with E-state index < -0.39 is 0 Å². The Kier molecular flexibility index (Phi) is 3.51. The highest BCUT2D eigenvalue weighted by Gasteiger charge is 1.96. The Hall–Kier alpha value is -1.83. The number of hydrogen-bond donors (Lipinski definition) is 1. The van der Waals surface area contributed by atoms with Crippen LogP contribution in [0.25, 0.3) is 0 Å². The van der Waals surface area contributed by atoms with Gasteiger partial charge in [-0.25, -0.2) is 9.97 Å². The SMILES string of the molecule is COc1cc(NCCC#N)ncn1. The Morgan fingerprint density at radius 3 is 3.15 bits per heavy atom. The van der Waals surface area contributed by atoms with E-state index in [-0.39, 0.29) is 0 Å². The number of hydrogen-bond acceptors (Lipinski definition) is 5. The van der Waals surface area contributed by atoms with Crippen molar-refractivity contribution in [2.24, 2.45) is 0 Å². The molecule has 1 N–H and O–H groups in total. The van der Waals surface area contributed by atoms with Crippen LogP contribution in [0, 0.1) is 11.3 Å². The molecule has 0 fully saturated rings. The summed E-state index contributed by atoms with van der Waals surface area (Å²) in [6.07, 6.45) is 1.86. The summed E-state index contributed by atoms with van der Waals surface area (Å²) in [5.74, 6) is 1.18. The van der Waals surface area contributed by atoms with E-state index in [2.05, 4.69) is 15.3 Å². The van der Waals surface area contributed by atoms with E-state index in [0.717, 1.165) is 0 Å². The zero-order chi connectivity index (χ0) is 9.52. The Balaban J connectivity index is 2.52. The van der Waals surface area contributed by atoms with Gasteiger partial charge in [-0.15, -0.1) is 0 Å². The number of rotatable bonds is 4. The maximum atomic E-state index is 8.30. The predicted octanol–water partition coefficient (Wildman–Crippen LogP) is 0.811. The van der Waals surface area contributed by atoms with Crippen LogP contribution in [0.4, 0.5) is 5.82 Å². The van der Waals surface area contributed by atoms with Gasteiger partial charge in [0.1, 0.15) is 12.1 Å². The molecule has 0 aromatic carbocycles. The summed E-state index contributed by atoms with van der Waals surface area (Å²) < 4.78 is 4.91. The highest BCUT2D eigenvalue weighted by molar-refractivity contribution is 5.36. The predicted molar refractivity (Wildman–Crippen MR) is 47.3 cm³/mol. The van der Waals surface area contributed by atoms with E-state index in [9.17, 15) is 0 Å². The molecule has 0 aliphatic heterocycles. The first-order chi connectivity index (χ1) is 6.36. The molecule has 0 saturated heterocycles. The van der Waals surface area contributed by atoms with Crippen LogP contribution in [0.15, 0.2) is 12.4 Å². The van der Waals surface area contributed by atoms with Crippen molar-refractivity contribution >= 4 is 5.82 Å². The highest BCUT2D eigenvalue weighted by atomic mass is 16.5. The highest BCUT2D eigenvalue weighted by Crippen LogP contribution is 2.09. The first-order valence-corrected chi connectivity index (χ1v) is 3.83. The lowest BCUT2D eigenvalue weighted by Crippen LogP contribution is -2.02. The van der Waals surface area contributed by atoms with E-state index in [4.69, 9.17) is 10.00 Å². The molecule has 1 aromatic heterocycles. The first kappa shape index (κ1) is 9.26. The molecule has 0 saturated carbocycles. The smallest absolute Gasteiger partial charge is 0.218 e. The van der Waals surface area contributed by atoms with Gasteiger partial charge in [0.2, 0.25) is 5.88 Å². The van der Waals surface area contributed by atoms with Crippen LogP contribution in [0.5, 0.6) is 5.88 Å². The van der Waals surface area contributed by atoms with Gasteiger partial charge in [0.05, 0.1) is 19.6 Å². The molecule has 68 valence electrons. The summed E-state index contributed by atoms with van der Waals surface area (Å²) in [5.41, 5.74) is 0. The number of anilines is 1. The van der Waals surface area contributed by atoms with Crippen molar-refractivity contribution in [1.82, 2.24) is 9.97 Å². The van der Waals surface area contributed by atoms with E-state index >= 15 is 0 Å². The number of methoxy groups -OCH3 is 1. The summed E-state index contributed by atoms with van der Waals surface area (Å²) in [4.78, 5) is 7.80. The van der Waals surface area contributed by atoms with Crippen molar-refractivity contribution in [1.29, 1.82) is 5.26 Å². The number of nitrogens with zero attached hydrogens (tertiary/aromatic N) is 3. The molecule has 0 unspecified atom stereocenters. The Labute approximate surface area is 76.4 Å². The normalized spacial score (nSPS) is 8.92. The van der Waals surface area contributed by atoms with E-state index in [1.165, 1.54) is 6.33 Å². The summed E-state index contributed by atoms with van der Waals surface area (Å²) in [6.45, 7) is 0.580. The molecule has 1 rings (SSSR count). The zero-order valence-electron chi connectivity index (χ0n) is 7.32. The van der Waals surface area contributed by atoms with Crippen molar-refractivity contribution in [2.75, 3.05) is 19.0 Å². The molecule has 5 nitrogen and oxygen atoms in total. The first-order valence-electron chi connectivity index (χ1n) is 3.83. The number of aromatic nitrogens is 2. The maximum absolute atomic E-state index is 8.30. The van der Waals surface area contributed by atoms with Crippen LogP contribution in [-0.4, -0.2) is 23.6 Å². The van der Waals surface area contributed by atoms with Gasteiger partial charge in [0.15, 0.2) is 0 Å². The molecule has 1 heterocycles. The van der Waals surface area contributed by atoms with Gasteiger partial charge in [0.25, 0.3) is 0 Å². The lowest BCUT2D eigenvalue weighted by Gasteiger charge is -2.03. The second-order valence-electron chi connectivity index (χ2n) is 2.28. The van der Waals surface area contributed by atoms with Gasteiger partial charge in [-0.1, -0.05) is 0 Å². The average molecular weight is 178 g/mol. The molecule has 0 bridgehead atoms. The standard InChI is InChI=1S/C8H10N4O/c1-13-8-5-7(11-6-12-8)10-4-2-3-9/h5-6H,2,4H2,1H3,(H,10,11,12). The van der Waals surface area contributed by atoms with Crippen molar-refractivity contribution < 1.29 is 4.74 Å². The minimum Gasteiger partial charge on any atom is -0.481 e. The summed E-state index contributed by atoms with van der Waals surface area (Å²) in [7, 11) is 1.54. The minimum atomic E-state index is 0.451. The van der Waals surface area contributed by atoms with Crippen LogP contribution in [0.3, 0.4) is 0 Å². The fourth-order valence-corrected chi connectivity index (χ4v) is 0.794. The fraction of sp³-hybridized carbons (Fsp3) is 0.375. The van der Waals surface area contributed by atoms with Crippen molar-refractivity contribution in [3.8, 4) is 11.9 Å². The number of nitriles is 1. The van der Waals surface area contributed by atoms with Gasteiger partial charge in [-0.2, -0.15) is 5.26 Å². The Morgan fingerprint density at radius 2 is 2.46 bits per heavy atom. The van der Waals surface area contributed by atoms with Crippen LogP contribution >= 0.6 is 0 Å². The molecule has 0 aliphatic carbocycles. The van der Waals surface area contributed by atoms with Gasteiger partial charge >= 0.3 is 0 Å². The van der Waals surface area contributed by atoms with Crippen LogP contribution < -0.4 is 10.1 Å². The fourth-order valence-electron chi connectivity index (χ4n) is 0.794. The largest absolute Gasteiger partial charge is 0.481 e. The lowest BCUT2D eigenvalue weighted by atomic mass is 10.4. The van der Waals surface area contributed by atoms with Gasteiger partial charge in [-0.05, 0) is 0 Å².